The van der Waals surface area contributed by atoms with Crippen molar-refractivity contribution in [3.63, 3.8) is 0 Å². The van der Waals surface area contributed by atoms with Crippen LogP contribution in [0.15, 0.2) is 97.1 Å². The van der Waals surface area contributed by atoms with Crippen molar-refractivity contribution in [2.75, 3.05) is 19.7 Å². The van der Waals surface area contributed by atoms with Gasteiger partial charge in [-0.25, -0.2) is 8.78 Å². The van der Waals surface area contributed by atoms with Crippen molar-refractivity contribution >= 4 is 17.7 Å². The molecule has 0 aliphatic rings. The number of amides is 3. The molecule has 234 valence electrons. The SMILES string of the molecule is CCOc1ccc([C@@H](CNC(=O)c2ccccc2)C(=O)NC[C@H](C(=O)NCc2ccc(CN)cc2)c2ccc(F)c(F)c2)cc1. The molecule has 0 bridgehead atoms. The summed E-state index contributed by atoms with van der Waals surface area (Å²) < 4.78 is 33.5. The first kappa shape index (κ1) is 32.8. The normalized spacial score (nSPS) is 12.1. The molecule has 10 heteroatoms. The first-order chi connectivity index (χ1) is 21.8. The minimum Gasteiger partial charge on any atom is -0.494 e. The molecule has 45 heavy (non-hydrogen) atoms. The molecule has 8 nitrogen and oxygen atoms in total. The maximum absolute atomic E-state index is 14.2. The predicted molar refractivity (Wildman–Crippen MR) is 167 cm³/mol. The molecule has 4 rings (SSSR count). The largest absolute Gasteiger partial charge is 0.494 e. The van der Waals surface area contributed by atoms with Gasteiger partial charge < -0.3 is 26.4 Å². The highest BCUT2D eigenvalue weighted by Crippen LogP contribution is 2.22. The van der Waals surface area contributed by atoms with Crippen molar-refractivity contribution in [2.45, 2.75) is 31.8 Å². The standard InChI is InChI=1S/C35H36F2N4O4/c1-2-45-28-15-12-25(13-16-28)29(21-40-33(42)26-6-4-3-5-7-26)34(43)41-22-30(27-14-17-31(36)32(37)18-27)35(44)39-20-24-10-8-23(19-38)9-11-24/h3-18,29-30H,2,19-22,38H2,1H3,(H,39,44)(H,40,42)(H,41,43)/t29-,30+/m1/s1. The second-order valence-corrected chi connectivity index (χ2v) is 10.3. The van der Waals surface area contributed by atoms with Crippen LogP contribution in [-0.4, -0.2) is 37.4 Å². The number of carbonyl (C=O) groups is 3. The second kappa shape index (κ2) is 16.1. The Morgan fingerprint density at radius 2 is 1.31 bits per heavy atom. The first-order valence-electron chi connectivity index (χ1n) is 14.6. The third-order valence-corrected chi connectivity index (χ3v) is 7.28. The van der Waals surface area contributed by atoms with Gasteiger partial charge >= 0.3 is 0 Å². The van der Waals surface area contributed by atoms with Gasteiger partial charge in [0.15, 0.2) is 11.6 Å². The summed E-state index contributed by atoms with van der Waals surface area (Å²) in [4.78, 5) is 39.8. The Labute approximate surface area is 261 Å². The maximum atomic E-state index is 14.2. The Morgan fingerprint density at radius 1 is 0.711 bits per heavy atom. The van der Waals surface area contributed by atoms with Crippen LogP contribution >= 0.6 is 0 Å². The molecule has 0 fully saturated rings. The predicted octanol–water partition coefficient (Wildman–Crippen LogP) is 4.55. The van der Waals surface area contributed by atoms with E-state index >= 15 is 0 Å². The number of halogens is 2. The number of nitrogens with two attached hydrogens (primary N) is 1. The van der Waals surface area contributed by atoms with Crippen molar-refractivity contribution < 1.29 is 27.9 Å². The average molecular weight is 615 g/mol. The summed E-state index contributed by atoms with van der Waals surface area (Å²) in [5, 5.41) is 8.43. The highest BCUT2D eigenvalue weighted by molar-refractivity contribution is 5.95. The van der Waals surface area contributed by atoms with Gasteiger partial charge in [-0.2, -0.15) is 0 Å². The number of benzene rings is 4. The van der Waals surface area contributed by atoms with E-state index in [0.717, 1.165) is 23.3 Å². The van der Waals surface area contributed by atoms with Crippen LogP contribution < -0.4 is 26.4 Å². The molecule has 0 unspecified atom stereocenters. The van der Waals surface area contributed by atoms with Crippen LogP contribution in [0.3, 0.4) is 0 Å². The van der Waals surface area contributed by atoms with Gasteiger partial charge in [0, 0.05) is 31.7 Å². The molecule has 4 aromatic rings. The fourth-order valence-corrected chi connectivity index (χ4v) is 4.73. The molecule has 0 saturated heterocycles. The lowest BCUT2D eigenvalue weighted by atomic mass is 9.95. The molecule has 3 amide bonds. The monoisotopic (exact) mass is 614 g/mol. The van der Waals surface area contributed by atoms with Crippen LogP contribution in [-0.2, 0) is 22.7 Å². The Balaban J connectivity index is 1.52. The number of hydrogen-bond acceptors (Lipinski definition) is 5. The van der Waals surface area contributed by atoms with Crippen LogP contribution in [0.1, 0.15) is 51.4 Å². The molecule has 0 heterocycles. The maximum Gasteiger partial charge on any atom is 0.251 e. The van der Waals surface area contributed by atoms with Gasteiger partial charge in [0.25, 0.3) is 5.91 Å². The van der Waals surface area contributed by atoms with Crippen LogP contribution in [0.5, 0.6) is 5.75 Å². The summed E-state index contributed by atoms with van der Waals surface area (Å²) >= 11 is 0. The van der Waals surface area contributed by atoms with Crippen molar-refractivity contribution in [3.8, 4) is 5.75 Å². The molecular weight excluding hydrogens is 578 g/mol. The highest BCUT2D eigenvalue weighted by atomic mass is 19.2. The zero-order valence-electron chi connectivity index (χ0n) is 24.9. The lowest BCUT2D eigenvalue weighted by Gasteiger charge is -2.22. The molecule has 0 aliphatic carbocycles. The van der Waals surface area contributed by atoms with E-state index in [2.05, 4.69) is 16.0 Å². The summed E-state index contributed by atoms with van der Waals surface area (Å²) in [6, 6.07) is 26.1. The van der Waals surface area contributed by atoms with Gasteiger partial charge in [-0.3, -0.25) is 14.4 Å². The fourth-order valence-electron chi connectivity index (χ4n) is 4.73. The molecule has 0 aromatic heterocycles. The first-order valence-corrected chi connectivity index (χ1v) is 14.6. The van der Waals surface area contributed by atoms with Gasteiger partial charge in [-0.1, -0.05) is 60.7 Å². The Hall–Kier alpha value is -5.09. The lowest BCUT2D eigenvalue weighted by Crippen LogP contribution is -2.41. The van der Waals surface area contributed by atoms with Crippen LogP contribution in [0.4, 0.5) is 8.78 Å². The van der Waals surface area contributed by atoms with Crippen molar-refractivity contribution in [2.24, 2.45) is 5.73 Å². The van der Waals surface area contributed by atoms with Crippen LogP contribution in [0, 0.1) is 11.6 Å². The number of nitrogens with one attached hydrogen (secondary N) is 3. The Bertz CT molecular complexity index is 1580. The zero-order chi connectivity index (χ0) is 32.2. The summed E-state index contributed by atoms with van der Waals surface area (Å²) in [6.07, 6.45) is 0. The van der Waals surface area contributed by atoms with E-state index in [-0.39, 0.29) is 31.1 Å². The minimum absolute atomic E-state index is 0.0334. The summed E-state index contributed by atoms with van der Waals surface area (Å²) in [7, 11) is 0. The van der Waals surface area contributed by atoms with E-state index in [1.165, 1.54) is 6.07 Å². The second-order valence-electron chi connectivity index (χ2n) is 10.3. The molecule has 0 radical (unpaired) electrons. The molecule has 0 aliphatic heterocycles. The Kier molecular flexibility index (Phi) is 11.8. The van der Waals surface area contributed by atoms with E-state index in [1.807, 2.05) is 31.2 Å². The molecule has 5 N–H and O–H groups in total. The average Bonchev–Trinajstić information content (AvgIpc) is 3.06. The minimum atomic E-state index is -1.11. The summed E-state index contributed by atoms with van der Waals surface area (Å²) in [5.74, 6) is -4.70. The van der Waals surface area contributed by atoms with E-state index in [0.29, 0.717) is 30.0 Å². The molecule has 4 aromatic carbocycles. The van der Waals surface area contributed by atoms with Gasteiger partial charge in [-0.15, -0.1) is 0 Å². The number of rotatable bonds is 14. The molecule has 2 atom stereocenters. The quantitative estimate of drug-likeness (QED) is 0.166. The van der Waals surface area contributed by atoms with Gasteiger partial charge in [0.05, 0.1) is 18.4 Å². The lowest BCUT2D eigenvalue weighted by molar-refractivity contribution is -0.124. The summed E-state index contributed by atoms with van der Waals surface area (Å²) in [5.41, 5.74) is 8.66. The third-order valence-electron chi connectivity index (χ3n) is 7.28. The van der Waals surface area contributed by atoms with Crippen LogP contribution in [0.25, 0.3) is 0 Å². The highest BCUT2D eigenvalue weighted by Gasteiger charge is 2.27. The van der Waals surface area contributed by atoms with Crippen LogP contribution in [0.2, 0.25) is 0 Å². The number of ether oxygens (including phenoxy) is 1. The van der Waals surface area contributed by atoms with Crippen molar-refractivity contribution in [3.05, 3.63) is 137 Å². The van der Waals surface area contributed by atoms with Gasteiger partial charge in [0.2, 0.25) is 11.8 Å². The van der Waals surface area contributed by atoms with Gasteiger partial charge in [-0.05, 0) is 65.6 Å². The fraction of sp³-hybridized carbons (Fsp3) is 0.229. The topological polar surface area (TPSA) is 123 Å². The Morgan fingerprint density at radius 3 is 1.96 bits per heavy atom. The van der Waals surface area contributed by atoms with Gasteiger partial charge in [0.1, 0.15) is 5.75 Å². The number of carbonyl (C=O) groups excluding carboxylic acids is 3. The van der Waals surface area contributed by atoms with E-state index < -0.39 is 35.3 Å². The molecular formula is C35H36F2N4O4. The molecule has 0 saturated carbocycles. The third kappa shape index (κ3) is 9.20. The zero-order valence-corrected chi connectivity index (χ0v) is 24.9. The number of hydrogen-bond donors (Lipinski definition) is 4. The molecule has 0 spiro atoms. The van der Waals surface area contributed by atoms with Crippen molar-refractivity contribution in [1.82, 2.24) is 16.0 Å². The van der Waals surface area contributed by atoms with E-state index in [1.54, 1.807) is 54.6 Å². The smallest absolute Gasteiger partial charge is 0.251 e. The van der Waals surface area contributed by atoms with E-state index in [4.69, 9.17) is 10.5 Å². The van der Waals surface area contributed by atoms with Crippen molar-refractivity contribution in [1.29, 1.82) is 0 Å². The van der Waals surface area contributed by atoms with E-state index in [9.17, 15) is 23.2 Å². The summed E-state index contributed by atoms with van der Waals surface area (Å²) in [6.45, 7) is 2.66.